The Balaban J connectivity index is 0.00000128. The van der Waals surface area contributed by atoms with Crippen LogP contribution < -0.4 is 4.74 Å². The number of benzene rings is 1. The van der Waals surface area contributed by atoms with Gasteiger partial charge in [0.2, 0.25) is 0 Å². The Morgan fingerprint density at radius 1 is 1.29 bits per heavy atom. The molecule has 6 nitrogen and oxygen atoms in total. The van der Waals surface area contributed by atoms with Crippen molar-refractivity contribution < 1.29 is 25.6 Å². The summed E-state index contributed by atoms with van der Waals surface area (Å²) in [6.07, 6.45) is 0. The largest absolute Gasteiger partial charge is 0.496 e. The summed E-state index contributed by atoms with van der Waals surface area (Å²) in [4.78, 5) is 14.8. The van der Waals surface area contributed by atoms with Crippen LogP contribution in [-0.2, 0) is 0 Å². The number of hydrogen-bond donors (Lipinski definition) is 1. The van der Waals surface area contributed by atoms with Crippen LogP contribution in [0.1, 0.15) is 10.5 Å². The Morgan fingerprint density at radius 2 is 1.94 bits per heavy atom. The molecule has 0 aliphatic rings. The second kappa shape index (κ2) is 5.78. The van der Waals surface area contributed by atoms with Crippen molar-refractivity contribution in [3.05, 3.63) is 36.0 Å². The quantitative estimate of drug-likeness (QED) is 0.808. The maximum Gasteiger partial charge on any atom is 0.354 e. The van der Waals surface area contributed by atoms with Gasteiger partial charge in [-0.3, -0.25) is 0 Å². The number of hydrogen-bond acceptors (Lipinski definition) is 3. The molecule has 0 atom stereocenters. The fourth-order valence-corrected chi connectivity index (χ4v) is 1.42. The van der Waals surface area contributed by atoms with E-state index in [0.717, 1.165) is 5.39 Å². The van der Waals surface area contributed by atoms with E-state index in [1.165, 1.54) is 13.2 Å². The number of rotatable bonds is 2. The Hall–Kier alpha value is -2.18. The topological polar surface area (TPSA) is 122 Å². The molecule has 0 spiro atoms. The van der Waals surface area contributed by atoms with Gasteiger partial charge in [0.05, 0.1) is 12.6 Å². The number of nitrogens with zero attached hydrogens (tertiary/aromatic N) is 1. The molecular weight excluding hydrogens is 226 g/mol. The van der Waals surface area contributed by atoms with Crippen LogP contribution in [-0.4, -0.2) is 34.1 Å². The fraction of sp³-hybridized carbons (Fsp3) is 0.0909. The van der Waals surface area contributed by atoms with E-state index in [1.807, 2.05) is 12.1 Å². The lowest BCUT2D eigenvalue weighted by Crippen LogP contribution is -2.01. The Labute approximate surface area is 97.1 Å². The highest BCUT2D eigenvalue weighted by atomic mass is 16.5. The molecule has 1 aromatic carbocycles. The SMILES string of the molecule is COc1cc(C(=O)O)nc2ccccc12.O.O. The maximum atomic E-state index is 10.8. The van der Waals surface area contributed by atoms with E-state index < -0.39 is 5.97 Å². The van der Waals surface area contributed by atoms with Crippen molar-refractivity contribution in [2.24, 2.45) is 0 Å². The Bertz CT molecular complexity index is 526. The normalized spacial score (nSPS) is 9.00. The molecule has 0 aliphatic heterocycles. The van der Waals surface area contributed by atoms with Crippen molar-refractivity contribution >= 4 is 16.9 Å². The highest BCUT2D eigenvalue weighted by Crippen LogP contribution is 2.24. The first-order valence-electron chi connectivity index (χ1n) is 4.39. The molecular formula is C11H13NO5. The molecule has 0 unspecified atom stereocenters. The zero-order valence-electron chi connectivity index (χ0n) is 9.10. The summed E-state index contributed by atoms with van der Waals surface area (Å²) in [5.41, 5.74) is 0.611. The summed E-state index contributed by atoms with van der Waals surface area (Å²) in [6.45, 7) is 0. The lowest BCUT2D eigenvalue weighted by Gasteiger charge is -2.05. The number of para-hydroxylation sites is 1. The number of methoxy groups -OCH3 is 1. The molecule has 92 valence electrons. The van der Waals surface area contributed by atoms with Gasteiger partial charge in [0, 0.05) is 11.5 Å². The predicted octanol–water partition coefficient (Wildman–Crippen LogP) is 0.292. The first-order valence-corrected chi connectivity index (χ1v) is 4.39. The molecule has 5 N–H and O–H groups in total. The van der Waals surface area contributed by atoms with E-state index in [-0.39, 0.29) is 16.6 Å². The molecule has 6 heteroatoms. The van der Waals surface area contributed by atoms with Gasteiger partial charge in [-0.05, 0) is 12.1 Å². The summed E-state index contributed by atoms with van der Waals surface area (Å²) < 4.78 is 5.11. The van der Waals surface area contributed by atoms with Crippen molar-refractivity contribution in [2.45, 2.75) is 0 Å². The molecule has 0 aliphatic carbocycles. The van der Waals surface area contributed by atoms with Crippen LogP contribution in [0.2, 0.25) is 0 Å². The monoisotopic (exact) mass is 239 g/mol. The van der Waals surface area contributed by atoms with Crippen LogP contribution >= 0.6 is 0 Å². The number of aromatic nitrogens is 1. The average molecular weight is 239 g/mol. The van der Waals surface area contributed by atoms with E-state index in [4.69, 9.17) is 9.84 Å². The second-order valence-corrected chi connectivity index (χ2v) is 3.03. The van der Waals surface area contributed by atoms with E-state index in [9.17, 15) is 4.79 Å². The van der Waals surface area contributed by atoms with Gasteiger partial charge >= 0.3 is 5.97 Å². The fourth-order valence-electron chi connectivity index (χ4n) is 1.42. The molecule has 0 fully saturated rings. The number of carbonyl (C=O) groups is 1. The molecule has 1 heterocycles. The Kier molecular flexibility index (Phi) is 5.04. The minimum Gasteiger partial charge on any atom is -0.496 e. The van der Waals surface area contributed by atoms with Crippen LogP contribution in [0.4, 0.5) is 0 Å². The predicted molar refractivity (Wildman–Crippen MR) is 62.5 cm³/mol. The Morgan fingerprint density at radius 3 is 2.53 bits per heavy atom. The summed E-state index contributed by atoms with van der Waals surface area (Å²) in [5, 5.41) is 9.66. The van der Waals surface area contributed by atoms with Crippen molar-refractivity contribution in [1.29, 1.82) is 0 Å². The molecule has 0 amide bonds. The zero-order valence-corrected chi connectivity index (χ0v) is 9.10. The van der Waals surface area contributed by atoms with E-state index in [2.05, 4.69) is 4.98 Å². The number of carboxylic acid groups (broad SMARTS) is 1. The van der Waals surface area contributed by atoms with Crippen LogP contribution in [0.15, 0.2) is 30.3 Å². The van der Waals surface area contributed by atoms with Crippen LogP contribution in [0.5, 0.6) is 5.75 Å². The third-order valence-corrected chi connectivity index (χ3v) is 2.12. The molecule has 0 saturated carbocycles. The van der Waals surface area contributed by atoms with Crippen LogP contribution in [0.3, 0.4) is 0 Å². The van der Waals surface area contributed by atoms with Crippen molar-refractivity contribution in [2.75, 3.05) is 7.11 Å². The van der Waals surface area contributed by atoms with Crippen molar-refractivity contribution in [3.63, 3.8) is 0 Å². The number of fused-ring (bicyclic) bond motifs is 1. The molecule has 2 aromatic rings. The van der Waals surface area contributed by atoms with Crippen molar-refractivity contribution in [3.8, 4) is 5.75 Å². The summed E-state index contributed by atoms with van der Waals surface area (Å²) in [5.74, 6) is -0.531. The van der Waals surface area contributed by atoms with E-state index in [0.29, 0.717) is 11.3 Å². The van der Waals surface area contributed by atoms with Crippen LogP contribution in [0, 0.1) is 0 Å². The first-order chi connectivity index (χ1) is 7.22. The average Bonchev–Trinajstić information content (AvgIpc) is 2.27. The minimum absolute atomic E-state index is 0. The molecule has 0 radical (unpaired) electrons. The lowest BCUT2D eigenvalue weighted by atomic mass is 10.2. The first kappa shape index (κ1) is 14.8. The molecule has 0 bridgehead atoms. The van der Waals surface area contributed by atoms with Crippen molar-refractivity contribution in [1.82, 2.24) is 4.98 Å². The van der Waals surface area contributed by atoms with Gasteiger partial charge in [-0.25, -0.2) is 9.78 Å². The zero-order chi connectivity index (χ0) is 10.8. The third kappa shape index (κ3) is 2.68. The van der Waals surface area contributed by atoms with Gasteiger partial charge in [0.15, 0.2) is 5.69 Å². The molecule has 17 heavy (non-hydrogen) atoms. The smallest absolute Gasteiger partial charge is 0.354 e. The highest BCUT2D eigenvalue weighted by Gasteiger charge is 2.10. The van der Waals surface area contributed by atoms with Gasteiger partial charge in [-0.1, -0.05) is 12.1 Å². The number of ether oxygens (including phenoxy) is 1. The van der Waals surface area contributed by atoms with Gasteiger partial charge < -0.3 is 20.8 Å². The number of pyridine rings is 1. The van der Waals surface area contributed by atoms with Crippen LogP contribution in [0.25, 0.3) is 10.9 Å². The standard InChI is InChI=1S/C11H9NO3.2H2O/c1-15-10-6-9(11(13)14)12-8-5-3-2-4-7(8)10;;/h2-6H,1H3,(H,13,14);2*1H2. The highest BCUT2D eigenvalue weighted by molar-refractivity contribution is 5.93. The molecule has 1 aromatic heterocycles. The number of aromatic carboxylic acids is 1. The molecule has 2 rings (SSSR count). The minimum atomic E-state index is -1.06. The van der Waals surface area contributed by atoms with E-state index in [1.54, 1.807) is 12.1 Å². The van der Waals surface area contributed by atoms with E-state index >= 15 is 0 Å². The lowest BCUT2D eigenvalue weighted by molar-refractivity contribution is 0.0690. The second-order valence-electron chi connectivity index (χ2n) is 3.03. The van der Waals surface area contributed by atoms with Gasteiger partial charge in [-0.2, -0.15) is 0 Å². The molecule has 0 saturated heterocycles. The third-order valence-electron chi connectivity index (χ3n) is 2.12. The van der Waals surface area contributed by atoms with Gasteiger partial charge in [0.25, 0.3) is 0 Å². The summed E-state index contributed by atoms with van der Waals surface area (Å²) in [6, 6.07) is 8.68. The summed E-state index contributed by atoms with van der Waals surface area (Å²) >= 11 is 0. The summed E-state index contributed by atoms with van der Waals surface area (Å²) in [7, 11) is 1.51. The van der Waals surface area contributed by atoms with Gasteiger partial charge in [-0.15, -0.1) is 0 Å². The maximum absolute atomic E-state index is 10.8. The van der Waals surface area contributed by atoms with Gasteiger partial charge in [0.1, 0.15) is 5.75 Å². The number of carboxylic acids is 1.